The number of ether oxygens (including phenoxy) is 1. The van der Waals surface area contributed by atoms with Crippen LogP contribution in [0.15, 0.2) is 77.7 Å². The zero-order valence-corrected chi connectivity index (χ0v) is 20.5. The van der Waals surface area contributed by atoms with Crippen molar-refractivity contribution >= 4 is 51.9 Å². The first-order valence-electron chi connectivity index (χ1n) is 10.8. The lowest BCUT2D eigenvalue weighted by Crippen LogP contribution is -2.27. The summed E-state index contributed by atoms with van der Waals surface area (Å²) < 4.78 is 6.16. The van der Waals surface area contributed by atoms with Crippen molar-refractivity contribution in [3.63, 3.8) is 0 Å². The molecule has 5 nitrogen and oxygen atoms in total. The third kappa shape index (κ3) is 5.92. The number of hydrogen-bond acceptors (Lipinski definition) is 5. The summed E-state index contributed by atoms with van der Waals surface area (Å²) in [5.41, 5.74) is 4.92. The van der Waals surface area contributed by atoms with Gasteiger partial charge in [-0.25, -0.2) is 0 Å². The number of rotatable bonds is 7. The minimum Gasteiger partial charge on any atom is -0.484 e. The molecule has 1 heterocycles. The molecule has 1 saturated heterocycles. The fourth-order valence-electron chi connectivity index (χ4n) is 3.38. The number of aryl methyl sites for hydroxylation is 2. The number of hydrogen-bond donors (Lipinski definition) is 1. The molecule has 1 aliphatic rings. The van der Waals surface area contributed by atoms with Crippen molar-refractivity contribution in [2.24, 2.45) is 0 Å². The van der Waals surface area contributed by atoms with Crippen molar-refractivity contribution in [2.45, 2.75) is 20.4 Å². The van der Waals surface area contributed by atoms with E-state index in [0.717, 1.165) is 22.4 Å². The average Bonchev–Trinajstić information content (AvgIpc) is 3.09. The van der Waals surface area contributed by atoms with Gasteiger partial charge in [-0.2, -0.15) is 0 Å². The van der Waals surface area contributed by atoms with Gasteiger partial charge in [0.25, 0.3) is 11.8 Å². The number of benzene rings is 3. The smallest absolute Gasteiger partial charge is 0.266 e. The quantitative estimate of drug-likeness (QED) is 0.340. The van der Waals surface area contributed by atoms with Crippen LogP contribution in [0, 0.1) is 13.8 Å². The van der Waals surface area contributed by atoms with Crippen LogP contribution in [0.1, 0.15) is 22.3 Å². The van der Waals surface area contributed by atoms with Gasteiger partial charge in [-0.05, 0) is 66.4 Å². The zero-order valence-electron chi connectivity index (χ0n) is 18.9. The summed E-state index contributed by atoms with van der Waals surface area (Å²) >= 11 is 6.72. The lowest BCUT2D eigenvalue weighted by Gasteiger charge is -2.14. The van der Waals surface area contributed by atoms with Crippen LogP contribution in [-0.4, -0.2) is 27.6 Å². The summed E-state index contributed by atoms with van der Waals surface area (Å²) in [5.74, 6) is 0.251. The second-order valence-electron chi connectivity index (χ2n) is 7.96. The SMILES string of the molecule is Cc1ccc(NC(=O)COc2ccc(/C=C3/SC(=S)N(Cc4ccccc4)C3=O)cc2)cc1C. The third-order valence-electron chi connectivity index (χ3n) is 5.40. The van der Waals surface area contributed by atoms with Crippen molar-refractivity contribution in [1.29, 1.82) is 0 Å². The Labute approximate surface area is 208 Å². The molecule has 0 atom stereocenters. The highest BCUT2D eigenvalue weighted by Gasteiger charge is 2.31. The maximum absolute atomic E-state index is 12.8. The molecule has 0 radical (unpaired) electrons. The molecule has 1 aliphatic heterocycles. The van der Waals surface area contributed by atoms with Gasteiger partial charge in [0, 0.05) is 5.69 Å². The van der Waals surface area contributed by atoms with Gasteiger partial charge in [0.05, 0.1) is 11.4 Å². The molecule has 7 heteroatoms. The van der Waals surface area contributed by atoms with Crippen LogP contribution in [0.3, 0.4) is 0 Å². The van der Waals surface area contributed by atoms with E-state index in [0.29, 0.717) is 21.5 Å². The minimum absolute atomic E-state index is 0.0928. The van der Waals surface area contributed by atoms with Gasteiger partial charge >= 0.3 is 0 Å². The van der Waals surface area contributed by atoms with Crippen molar-refractivity contribution in [1.82, 2.24) is 4.90 Å². The number of amides is 2. The first kappa shape index (κ1) is 23.7. The fourth-order valence-corrected chi connectivity index (χ4v) is 4.63. The van der Waals surface area contributed by atoms with E-state index < -0.39 is 0 Å². The third-order valence-corrected chi connectivity index (χ3v) is 6.77. The van der Waals surface area contributed by atoms with Gasteiger partial charge in [-0.1, -0.05) is 72.5 Å². The molecule has 172 valence electrons. The number of thioether (sulfide) groups is 1. The maximum Gasteiger partial charge on any atom is 0.266 e. The highest BCUT2D eigenvalue weighted by atomic mass is 32.2. The summed E-state index contributed by atoms with van der Waals surface area (Å²) in [6.45, 7) is 4.40. The molecule has 34 heavy (non-hydrogen) atoms. The Morgan fingerprint density at radius 2 is 1.76 bits per heavy atom. The molecule has 3 aromatic rings. The molecule has 3 aromatic carbocycles. The summed E-state index contributed by atoms with van der Waals surface area (Å²) in [4.78, 5) is 27.2. The van der Waals surface area contributed by atoms with E-state index in [2.05, 4.69) is 5.32 Å². The fraction of sp³-hybridized carbons (Fsp3) is 0.148. The standard InChI is InChI=1S/C27H24N2O3S2/c1-18-8-11-22(14-19(18)2)28-25(30)17-32-23-12-9-20(10-13-23)15-24-26(31)29(27(33)34-24)16-21-6-4-3-5-7-21/h3-15H,16-17H2,1-2H3,(H,28,30)/b24-15+. The predicted octanol–water partition coefficient (Wildman–Crippen LogP) is 5.72. The van der Waals surface area contributed by atoms with Gasteiger partial charge in [0.1, 0.15) is 10.1 Å². The average molecular weight is 489 g/mol. The molecule has 0 spiro atoms. The molecular weight excluding hydrogens is 464 g/mol. The Morgan fingerprint density at radius 1 is 1.03 bits per heavy atom. The van der Waals surface area contributed by atoms with Crippen molar-refractivity contribution < 1.29 is 14.3 Å². The lowest BCUT2D eigenvalue weighted by molar-refractivity contribution is -0.122. The number of carbonyl (C=O) groups excluding carboxylic acids is 2. The molecule has 0 saturated carbocycles. The van der Waals surface area contributed by atoms with E-state index in [-0.39, 0.29) is 18.4 Å². The van der Waals surface area contributed by atoms with Crippen molar-refractivity contribution in [2.75, 3.05) is 11.9 Å². The molecule has 0 aromatic heterocycles. The van der Waals surface area contributed by atoms with Crippen LogP contribution in [-0.2, 0) is 16.1 Å². The first-order valence-corrected chi connectivity index (χ1v) is 12.0. The van der Waals surface area contributed by atoms with Gasteiger partial charge in [0.15, 0.2) is 6.61 Å². The minimum atomic E-state index is -0.227. The summed E-state index contributed by atoms with van der Waals surface area (Å²) in [6.07, 6.45) is 1.82. The van der Waals surface area contributed by atoms with Gasteiger partial charge < -0.3 is 10.1 Å². The monoisotopic (exact) mass is 488 g/mol. The Morgan fingerprint density at radius 3 is 2.47 bits per heavy atom. The number of anilines is 1. The summed E-state index contributed by atoms with van der Waals surface area (Å²) in [6, 6.07) is 22.8. The molecule has 4 rings (SSSR count). The molecule has 0 unspecified atom stereocenters. The topological polar surface area (TPSA) is 58.6 Å². The van der Waals surface area contributed by atoms with Crippen LogP contribution >= 0.6 is 24.0 Å². The molecule has 1 N–H and O–H groups in total. The Balaban J connectivity index is 1.33. The second kappa shape index (κ2) is 10.7. The van der Waals surface area contributed by atoms with Crippen LogP contribution in [0.5, 0.6) is 5.75 Å². The molecule has 1 fully saturated rings. The molecular formula is C27H24N2O3S2. The van der Waals surface area contributed by atoms with E-state index in [1.54, 1.807) is 17.0 Å². The lowest BCUT2D eigenvalue weighted by atomic mass is 10.1. The van der Waals surface area contributed by atoms with E-state index in [4.69, 9.17) is 17.0 Å². The van der Waals surface area contributed by atoms with Gasteiger partial charge in [-0.3, -0.25) is 14.5 Å². The first-order chi connectivity index (χ1) is 16.4. The number of thiocarbonyl (C=S) groups is 1. The van der Waals surface area contributed by atoms with E-state index in [1.807, 2.05) is 80.6 Å². The van der Waals surface area contributed by atoms with Crippen LogP contribution in [0.4, 0.5) is 5.69 Å². The number of nitrogens with one attached hydrogen (secondary N) is 1. The number of nitrogens with zero attached hydrogens (tertiary/aromatic N) is 1. The Kier molecular flexibility index (Phi) is 7.45. The van der Waals surface area contributed by atoms with Crippen molar-refractivity contribution in [3.8, 4) is 5.75 Å². The van der Waals surface area contributed by atoms with Crippen LogP contribution < -0.4 is 10.1 Å². The molecule has 0 aliphatic carbocycles. The normalized spacial score (nSPS) is 14.5. The van der Waals surface area contributed by atoms with Crippen LogP contribution in [0.25, 0.3) is 6.08 Å². The highest BCUT2D eigenvalue weighted by molar-refractivity contribution is 8.26. The molecule has 2 amide bonds. The van der Waals surface area contributed by atoms with E-state index >= 15 is 0 Å². The largest absolute Gasteiger partial charge is 0.484 e. The van der Waals surface area contributed by atoms with E-state index in [1.165, 1.54) is 17.3 Å². The Bertz CT molecular complexity index is 1250. The van der Waals surface area contributed by atoms with E-state index in [9.17, 15) is 9.59 Å². The summed E-state index contributed by atoms with van der Waals surface area (Å²) in [5, 5.41) is 2.84. The predicted molar refractivity (Wildman–Crippen MR) is 142 cm³/mol. The number of carbonyl (C=O) groups is 2. The van der Waals surface area contributed by atoms with Crippen LogP contribution in [0.2, 0.25) is 0 Å². The van der Waals surface area contributed by atoms with Gasteiger partial charge in [-0.15, -0.1) is 0 Å². The highest BCUT2D eigenvalue weighted by Crippen LogP contribution is 2.33. The maximum atomic E-state index is 12.8. The van der Waals surface area contributed by atoms with Gasteiger partial charge in [0.2, 0.25) is 0 Å². The Hall–Kier alpha value is -3.42. The molecule has 0 bridgehead atoms. The summed E-state index contributed by atoms with van der Waals surface area (Å²) in [7, 11) is 0. The zero-order chi connectivity index (χ0) is 24.1. The van der Waals surface area contributed by atoms with Crippen molar-refractivity contribution in [3.05, 3.63) is 100.0 Å². The second-order valence-corrected chi connectivity index (χ2v) is 9.63.